The number of benzene rings is 3. The number of hydrogen-bond acceptors (Lipinski definition) is 6. The molecule has 2 saturated heterocycles. The smallest absolute Gasteiger partial charge is 0.300 e. The van der Waals surface area contributed by atoms with Crippen LogP contribution in [-0.4, -0.2) is 41.6 Å². The first-order valence-electron chi connectivity index (χ1n) is 12.2. The fourth-order valence-electron chi connectivity index (χ4n) is 4.94. The van der Waals surface area contributed by atoms with Crippen molar-refractivity contribution in [2.75, 3.05) is 29.5 Å². The van der Waals surface area contributed by atoms with Crippen LogP contribution in [0.3, 0.4) is 0 Å². The van der Waals surface area contributed by atoms with Crippen LogP contribution in [0.15, 0.2) is 78.4 Å². The molecule has 2 aliphatic rings. The third-order valence-electron chi connectivity index (χ3n) is 6.67. The molecule has 2 N–H and O–H groups in total. The SMILES string of the molecule is CCOc1ccc(/C(O)=C2\C(=O)C(=O)N(c3ccc(N4CCCC4)cc3)C2c2cccc(O)c2)cc1. The first-order chi connectivity index (χ1) is 17.5. The maximum Gasteiger partial charge on any atom is 0.300 e. The Kier molecular flexibility index (Phi) is 6.38. The van der Waals surface area contributed by atoms with Crippen molar-refractivity contribution in [1.29, 1.82) is 0 Å². The van der Waals surface area contributed by atoms with Crippen LogP contribution in [0.1, 0.15) is 36.9 Å². The number of carbonyl (C=O) groups excluding carboxylic acids is 2. The number of carbonyl (C=O) groups is 2. The minimum atomic E-state index is -0.902. The second-order valence-corrected chi connectivity index (χ2v) is 8.93. The van der Waals surface area contributed by atoms with E-state index in [2.05, 4.69) is 4.90 Å². The molecule has 1 unspecified atom stereocenters. The molecule has 184 valence electrons. The Morgan fingerprint density at radius 1 is 0.944 bits per heavy atom. The van der Waals surface area contributed by atoms with Crippen molar-refractivity contribution in [1.82, 2.24) is 0 Å². The molecular weight excluding hydrogens is 456 g/mol. The Bertz CT molecular complexity index is 1310. The Balaban J connectivity index is 1.60. The number of phenols is 1. The van der Waals surface area contributed by atoms with Crippen LogP contribution in [0.5, 0.6) is 11.5 Å². The number of aliphatic hydroxyl groups excluding tert-OH is 1. The van der Waals surface area contributed by atoms with Gasteiger partial charge in [0.25, 0.3) is 11.7 Å². The molecule has 5 rings (SSSR count). The van der Waals surface area contributed by atoms with Gasteiger partial charge in [0.15, 0.2) is 0 Å². The van der Waals surface area contributed by atoms with Gasteiger partial charge in [-0.1, -0.05) is 12.1 Å². The van der Waals surface area contributed by atoms with Crippen molar-refractivity contribution >= 4 is 28.8 Å². The van der Waals surface area contributed by atoms with E-state index in [4.69, 9.17) is 4.74 Å². The third kappa shape index (κ3) is 4.28. The minimum absolute atomic E-state index is 0.00327. The van der Waals surface area contributed by atoms with Crippen molar-refractivity contribution in [2.45, 2.75) is 25.8 Å². The summed E-state index contributed by atoms with van der Waals surface area (Å²) in [5.41, 5.74) is 2.49. The summed E-state index contributed by atoms with van der Waals surface area (Å²) in [5, 5.41) is 21.4. The number of phenolic OH excluding ortho intramolecular Hbond substituents is 1. The summed E-state index contributed by atoms with van der Waals surface area (Å²) in [6, 6.07) is 19.8. The number of aromatic hydroxyl groups is 1. The normalized spacial score (nSPS) is 19.2. The molecule has 2 fully saturated rings. The zero-order valence-electron chi connectivity index (χ0n) is 20.1. The number of aliphatic hydroxyl groups is 1. The number of amides is 1. The maximum absolute atomic E-state index is 13.3. The Morgan fingerprint density at radius 3 is 2.25 bits per heavy atom. The number of hydrogen-bond donors (Lipinski definition) is 2. The summed E-state index contributed by atoms with van der Waals surface area (Å²) in [6.07, 6.45) is 2.30. The predicted octanol–water partition coefficient (Wildman–Crippen LogP) is 5.02. The van der Waals surface area contributed by atoms with E-state index in [0.29, 0.717) is 29.2 Å². The third-order valence-corrected chi connectivity index (χ3v) is 6.67. The van der Waals surface area contributed by atoms with Crippen LogP contribution in [0.2, 0.25) is 0 Å². The quantitative estimate of drug-likeness (QED) is 0.290. The molecule has 1 amide bonds. The Hall–Kier alpha value is -4.26. The largest absolute Gasteiger partial charge is 0.508 e. The highest BCUT2D eigenvalue weighted by atomic mass is 16.5. The predicted molar refractivity (Wildman–Crippen MR) is 138 cm³/mol. The standard InChI is InChI=1S/C29H28N2O5/c1-2-36-24-14-8-19(9-15-24)27(33)25-26(20-6-5-7-23(32)18-20)31(29(35)28(25)34)22-12-10-21(11-13-22)30-16-3-4-17-30/h5-15,18,26,32-33H,2-4,16-17H2,1H3/b27-25+. The van der Waals surface area contributed by atoms with Gasteiger partial charge in [0, 0.05) is 30.0 Å². The van der Waals surface area contributed by atoms with Gasteiger partial charge in [-0.3, -0.25) is 14.5 Å². The van der Waals surface area contributed by atoms with E-state index < -0.39 is 17.7 Å². The summed E-state index contributed by atoms with van der Waals surface area (Å²) in [5.74, 6) is -1.15. The second kappa shape index (κ2) is 9.77. The van der Waals surface area contributed by atoms with Gasteiger partial charge in [-0.25, -0.2) is 0 Å². The first-order valence-corrected chi connectivity index (χ1v) is 12.2. The molecule has 0 saturated carbocycles. The molecule has 1 atom stereocenters. The molecule has 2 heterocycles. The highest BCUT2D eigenvalue weighted by Gasteiger charge is 2.47. The van der Waals surface area contributed by atoms with Crippen molar-refractivity contribution in [2.24, 2.45) is 0 Å². The van der Waals surface area contributed by atoms with E-state index in [9.17, 15) is 19.8 Å². The van der Waals surface area contributed by atoms with Crippen molar-refractivity contribution in [3.05, 3.63) is 89.5 Å². The second-order valence-electron chi connectivity index (χ2n) is 8.93. The number of Topliss-reactive ketones (excluding diaryl/α,β-unsaturated/α-hetero) is 1. The van der Waals surface area contributed by atoms with Crippen LogP contribution >= 0.6 is 0 Å². The topological polar surface area (TPSA) is 90.3 Å². The van der Waals surface area contributed by atoms with Gasteiger partial charge in [0.1, 0.15) is 17.3 Å². The average molecular weight is 485 g/mol. The summed E-state index contributed by atoms with van der Waals surface area (Å²) >= 11 is 0. The Labute approximate surface area is 209 Å². The van der Waals surface area contributed by atoms with Gasteiger partial charge in [-0.05, 0) is 86.0 Å². The van der Waals surface area contributed by atoms with E-state index in [-0.39, 0.29) is 17.1 Å². The summed E-state index contributed by atoms with van der Waals surface area (Å²) in [7, 11) is 0. The fourth-order valence-corrected chi connectivity index (χ4v) is 4.94. The number of rotatable bonds is 6. The number of ether oxygens (including phenoxy) is 1. The first kappa shape index (κ1) is 23.5. The number of nitrogens with zero attached hydrogens (tertiary/aromatic N) is 2. The van der Waals surface area contributed by atoms with Gasteiger partial charge < -0.3 is 19.8 Å². The van der Waals surface area contributed by atoms with Gasteiger partial charge >= 0.3 is 0 Å². The average Bonchev–Trinajstić information content (AvgIpc) is 3.52. The van der Waals surface area contributed by atoms with Gasteiger partial charge in [-0.15, -0.1) is 0 Å². The summed E-state index contributed by atoms with van der Waals surface area (Å²) in [4.78, 5) is 30.3. The molecule has 7 heteroatoms. The molecule has 0 aliphatic carbocycles. The summed E-state index contributed by atoms with van der Waals surface area (Å²) in [6.45, 7) is 4.37. The van der Waals surface area contributed by atoms with Crippen molar-refractivity contribution in [3.8, 4) is 11.5 Å². The van der Waals surface area contributed by atoms with E-state index in [0.717, 1.165) is 31.6 Å². The molecular formula is C29H28N2O5. The number of anilines is 2. The summed E-state index contributed by atoms with van der Waals surface area (Å²) < 4.78 is 5.47. The maximum atomic E-state index is 13.3. The highest BCUT2D eigenvalue weighted by Crippen LogP contribution is 2.43. The molecule has 0 spiro atoms. The van der Waals surface area contributed by atoms with Gasteiger partial charge in [0.05, 0.1) is 18.2 Å². The van der Waals surface area contributed by atoms with E-state index in [1.807, 2.05) is 31.2 Å². The molecule has 0 aromatic heterocycles. The van der Waals surface area contributed by atoms with Crippen LogP contribution in [-0.2, 0) is 9.59 Å². The van der Waals surface area contributed by atoms with Crippen molar-refractivity contribution in [3.63, 3.8) is 0 Å². The van der Waals surface area contributed by atoms with Gasteiger partial charge in [-0.2, -0.15) is 0 Å². The Morgan fingerprint density at radius 2 is 1.61 bits per heavy atom. The van der Waals surface area contributed by atoms with Gasteiger partial charge in [0.2, 0.25) is 0 Å². The molecule has 7 nitrogen and oxygen atoms in total. The zero-order chi connectivity index (χ0) is 25.2. The zero-order valence-corrected chi connectivity index (χ0v) is 20.1. The van der Waals surface area contributed by atoms with Crippen LogP contribution in [0, 0.1) is 0 Å². The lowest BCUT2D eigenvalue weighted by Crippen LogP contribution is -2.29. The number of ketones is 1. The molecule has 3 aromatic rings. The molecule has 3 aromatic carbocycles. The van der Waals surface area contributed by atoms with Crippen LogP contribution in [0.4, 0.5) is 11.4 Å². The van der Waals surface area contributed by atoms with Crippen LogP contribution in [0.25, 0.3) is 5.76 Å². The minimum Gasteiger partial charge on any atom is -0.508 e. The fraction of sp³-hybridized carbons (Fsp3) is 0.241. The molecule has 2 aliphatic heterocycles. The lowest BCUT2D eigenvalue weighted by atomic mass is 9.95. The highest BCUT2D eigenvalue weighted by molar-refractivity contribution is 6.51. The van der Waals surface area contributed by atoms with Crippen LogP contribution < -0.4 is 14.5 Å². The van der Waals surface area contributed by atoms with Crippen molar-refractivity contribution < 1.29 is 24.5 Å². The van der Waals surface area contributed by atoms with E-state index in [1.54, 1.807) is 36.4 Å². The lowest BCUT2D eigenvalue weighted by Gasteiger charge is -2.26. The lowest BCUT2D eigenvalue weighted by molar-refractivity contribution is -0.132. The monoisotopic (exact) mass is 484 g/mol. The van der Waals surface area contributed by atoms with E-state index in [1.165, 1.54) is 17.0 Å². The van der Waals surface area contributed by atoms with E-state index >= 15 is 0 Å². The molecule has 0 bridgehead atoms. The molecule has 0 radical (unpaired) electrons. The molecule has 36 heavy (non-hydrogen) atoms.